The molecule has 2 heterocycles. The van der Waals surface area contributed by atoms with Gasteiger partial charge in [-0.2, -0.15) is 0 Å². The number of carbonyl (C=O) groups excluding carboxylic acids is 2. The Hall–Kier alpha value is -2.02. The molecule has 2 aliphatic heterocycles. The molecule has 0 aliphatic carbocycles. The van der Waals surface area contributed by atoms with Crippen LogP contribution < -0.4 is 15.5 Å². The molecule has 0 bridgehead atoms. The van der Waals surface area contributed by atoms with Gasteiger partial charge in [-0.05, 0) is 25.1 Å². The molecule has 118 valence electrons. The van der Waals surface area contributed by atoms with Crippen LogP contribution in [0.15, 0.2) is 18.2 Å². The maximum absolute atomic E-state index is 13.8. The second-order valence-corrected chi connectivity index (χ2v) is 5.70. The molecular formula is C15H17F2N3O2. The summed E-state index contributed by atoms with van der Waals surface area (Å²) in [6.07, 6.45) is 0.908. The quantitative estimate of drug-likeness (QED) is 0.868. The van der Waals surface area contributed by atoms with Crippen LogP contribution in [0.3, 0.4) is 0 Å². The SMILES string of the molecule is O=C(NC1CCNC1)C1CC(=O)N(c2ccc(F)cc2F)C1. The molecule has 7 heteroatoms. The van der Waals surface area contributed by atoms with Gasteiger partial charge in [-0.15, -0.1) is 0 Å². The molecule has 1 aromatic carbocycles. The summed E-state index contributed by atoms with van der Waals surface area (Å²) < 4.78 is 26.7. The molecule has 2 unspecified atom stereocenters. The molecule has 0 radical (unpaired) electrons. The van der Waals surface area contributed by atoms with E-state index in [1.165, 1.54) is 11.0 Å². The Bertz CT molecular complexity index is 602. The minimum Gasteiger partial charge on any atom is -0.352 e. The summed E-state index contributed by atoms with van der Waals surface area (Å²) in [5, 5.41) is 6.05. The Morgan fingerprint density at radius 3 is 2.86 bits per heavy atom. The van der Waals surface area contributed by atoms with Crippen molar-refractivity contribution in [1.82, 2.24) is 10.6 Å². The summed E-state index contributed by atoms with van der Waals surface area (Å²) in [5.41, 5.74) is 0.0178. The highest BCUT2D eigenvalue weighted by Gasteiger charge is 2.37. The van der Waals surface area contributed by atoms with E-state index in [0.29, 0.717) is 0 Å². The maximum atomic E-state index is 13.8. The first-order valence-corrected chi connectivity index (χ1v) is 7.31. The van der Waals surface area contributed by atoms with Gasteiger partial charge < -0.3 is 15.5 Å². The molecule has 2 amide bonds. The van der Waals surface area contributed by atoms with E-state index < -0.39 is 17.6 Å². The summed E-state index contributed by atoms with van der Waals surface area (Å²) in [6.45, 7) is 1.71. The van der Waals surface area contributed by atoms with Crippen molar-refractivity contribution in [3.63, 3.8) is 0 Å². The molecule has 2 atom stereocenters. The Balaban J connectivity index is 1.68. The highest BCUT2D eigenvalue weighted by atomic mass is 19.1. The summed E-state index contributed by atoms with van der Waals surface area (Å²) in [7, 11) is 0. The number of nitrogens with zero attached hydrogens (tertiary/aromatic N) is 1. The van der Waals surface area contributed by atoms with Crippen molar-refractivity contribution >= 4 is 17.5 Å². The van der Waals surface area contributed by atoms with Crippen LogP contribution in [0.25, 0.3) is 0 Å². The second kappa shape index (κ2) is 6.00. The second-order valence-electron chi connectivity index (χ2n) is 5.70. The molecule has 2 N–H and O–H groups in total. The molecule has 22 heavy (non-hydrogen) atoms. The van der Waals surface area contributed by atoms with E-state index in [4.69, 9.17) is 0 Å². The Morgan fingerprint density at radius 2 is 2.18 bits per heavy atom. The van der Waals surface area contributed by atoms with E-state index in [1.807, 2.05) is 0 Å². The molecule has 2 fully saturated rings. The van der Waals surface area contributed by atoms with Gasteiger partial charge in [0.25, 0.3) is 0 Å². The summed E-state index contributed by atoms with van der Waals surface area (Å²) >= 11 is 0. The van der Waals surface area contributed by atoms with Crippen LogP contribution in [0.2, 0.25) is 0 Å². The number of benzene rings is 1. The average Bonchev–Trinajstić information content (AvgIpc) is 3.09. The third kappa shape index (κ3) is 2.94. The van der Waals surface area contributed by atoms with Crippen molar-refractivity contribution in [2.75, 3.05) is 24.5 Å². The number of hydrogen-bond donors (Lipinski definition) is 2. The fraction of sp³-hybridized carbons (Fsp3) is 0.467. The van der Waals surface area contributed by atoms with Crippen LogP contribution in [0.5, 0.6) is 0 Å². The Morgan fingerprint density at radius 1 is 1.36 bits per heavy atom. The monoisotopic (exact) mass is 309 g/mol. The first-order chi connectivity index (χ1) is 10.5. The van der Waals surface area contributed by atoms with Gasteiger partial charge in [0, 0.05) is 31.6 Å². The first-order valence-electron chi connectivity index (χ1n) is 7.31. The molecule has 0 aromatic heterocycles. The smallest absolute Gasteiger partial charge is 0.227 e. The molecule has 5 nitrogen and oxygen atoms in total. The predicted molar refractivity (Wildman–Crippen MR) is 76.2 cm³/mol. The number of hydrogen-bond acceptors (Lipinski definition) is 3. The third-order valence-electron chi connectivity index (χ3n) is 4.10. The Kier molecular flexibility index (Phi) is 4.06. The van der Waals surface area contributed by atoms with E-state index >= 15 is 0 Å². The molecule has 0 saturated carbocycles. The highest BCUT2D eigenvalue weighted by Crippen LogP contribution is 2.28. The average molecular weight is 309 g/mol. The van der Waals surface area contributed by atoms with Crippen molar-refractivity contribution < 1.29 is 18.4 Å². The highest BCUT2D eigenvalue weighted by molar-refractivity contribution is 6.00. The van der Waals surface area contributed by atoms with Gasteiger partial charge in [-0.1, -0.05) is 0 Å². The minimum absolute atomic E-state index is 0.0178. The molecular weight excluding hydrogens is 292 g/mol. The van der Waals surface area contributed by atoms with E-state index in [0.717, 1.165) is 31.6 Å². The van der Waals surface area contributed by atoms with Crippen molar-refractivity contribution in [2.45, 2.75) is 18.9 Å². The molecule has 0 spiro atoms. The lowest BCUT2D eigenvalue weighted by molar-refractivity contribution is -0.126. The van der Waals surface area contributed by atoms with Crippen molar-refractivity contribution in [3.8, 4) is 0 Å². The normalized spacial score (nSPS) is 24.8. The molecule has 2 aliphatic rings. The van der Waals surface area contributed by atoms with Crippen LogP contribution in [0, 0.1) is 17.6 Å². The maximum Gasteiger partial charge on any atom is 0.227 e. The van der Waals surface area contributed by atoms with Crippen LogP contribution >= 0.6 is 0 Å². The zero-order chi connectivity index (χ0) is 15.7. The van der Waals surface area contributed by atoms with Crippen molar-refractivity contribution in [2.24, 2.45) is 5.92 Å². The molecule has 2 saturated heterocycles. The topological polar surface area (TPSA) is 61.4 Å². The van der Waals surface area contributed by atoms with Gasteiger partial charge in [0.05, 0.1) is 11.6 Å². The van der Waals surface area contributed by atoms with Gasteiger partial charge in [0.15, 0.2) is 0 Å². The zero-order valence-electron chi connectivity index (χ0n) is 11.9. The van der Waals surface area contributed by atoms with Gasteiger partial charge in [0.2, 0.25) is 11.8 Å². The van der Waals surface area contributed by atoms with Gasteiger partial charge >= 0.3 is 0 Å². The standard InChI is InChI=1S/C15H17F2N3O2/c16-10-1-2-13(12(17)6-10)20-8-9(5-14(20)21)15(22)19-11-3-4-18-7-11/h1-2,6,9,11,18H,3-5,7-8H2,(H,19,22). The van der Waals surface area contributed by atoms with Crippen molar-refractivity contribution in [1.29, 1.82) is 0 Å². The third-order valence-corrected chi connectivity index (χ3v) is 4.10. The fourth-order valence-electron chi connectivity index (χ4n) is 2.91. The van der Waals surface area contributed by atoms with Crippen LogP contribution in [-0.2, 0) is 9.59 Å². The molecule has 1 aromatic rings. The number of anilines is 1. The summed E-state index contributed by atoms with van der Waals surface area (Å²) in [6, 6.07) is 3.15. The van der Waals surface area contributed by atoms with E-state index in [1.54, 1.807) is 0 Å². The van der Waals surface area contributed by atoms with E-state index in [9.17, 15) is 18.4 Å². The van der Waals surface area contributed by atoms with E-state index in [2.05, 4.69) is 10.6 Å². The largest absolute Gasteiger partial charge is 0.352 e. The number of nitrogens with one attached hydrogen (secondary N) is 2. The zero-order valence-corrected chi connectivity index (χ0v) is 11.9. The van der Waals surface area contributed by atoms with Crippen LogP contribution in [0.4, 0.5) is 14.5 Å². The Labute approximate surface area is 126 Å². The first kappa shape index (κ1) is 14.9. The number of halogens is 2. The van der Waals surface area contributed by atoms with Gasteiger partial charge in [-0.25, -0.2) is 8.78 Å². The summed E-state index contributed by atoms with van der Waals surface area (Å²) in [5.74, 6) is -2.51. The van der Waals surface area contributed by atoms with Gasteiger partial charge in [-0.3, -0.25) is 9.59 Å². The molecule has 3 rings (SSSR count). The fourth-order valence-corrected chi connectivity index (χ4v) is 2.91. The van der Waals surface area contributed by atoms with Crippen molar-refractivity contribution in [3.05, 3.63) is 29.8 Å². The van der Waals surface area contributed by atoms with E-state index in [-0.39, 0.29) is 36.5 Å². The summed E-state index contributed by atoms with van der Waals surface area (Å²) in [4.78, 5) is 25.4. The predicted octanol–water partition coefficient (Wildman–Crippen LogP) is 0.796. The van der Waals surface area contributed by atoms with Gasteiger partial charge in [0.1, 0.15) is 11.6 Å². The number of rotatable bonds is 3. The minimum atomic E-state index is -0.797. The van der Waals surface area contributed by atoms with Crippen LogP contribution in [-0.4, -0.2) is 37.5 Å². The lowest BCUT2D eigenvalue weighted by Crippen LogP contribution is -2.40. The van der Waals surface area contributed by atoms with Crippen LogP contribution in [0.1, 0.15) is 12.8 Å². The lowest BCUT2D eigenvalue weighted by atomic mass is 10.1. The lowest BCUT2D eigenvalue weighted by Gasteiger charge is -2.18. The number of carbonyl (C=O) groups is 2. The number of amides is 2.